The summed E-state index contributed by atoms with van der Waals surface area (Å²) in [5.74, 6) is -0.750. The first-order valence-electron chi connectivity index (χ1n) is 9.31. The third kappa shape index (κ3) is 6.17. The molecule has 0 heterocycles. The molecule has 2 amide bonds. The van der Waals surface area contributed by atoms with Crippen LogP contribution in [0.25, 0.3) is 0 Å². The van der Waals surface area contributed by atoms with E-state index in [2.05, 4.69) is 10.6 Å². The maximum Gasteiger partial charge on any atom is 0.309 e. The largest absolute Gasteiger partial charge is 0.455 e. The lowest BCUT2D eigenvalue weighted by molar-refractivity contribution is -0.152. The van der Waals surface area contributed by atoms with Gasteiger partial charge in [-0.05, 0) is 30.9 Å². The Kier molecular flexibility index (Phi) is 7.63. The van der Waals surface area contributed by atoms with Gasteiger partial charge in [0.05, 0.1) is 17.2 Å². The summed E-state index contributed by atoms with van der Waals surface area (Å²) in [7, 11) is 0. The van der Waals surface area contributed by atoms with Crippen molar-refractivity contribution in [3.8, 4) is 0 Å². The number of hydrogen-bond donors (Lipinski definition) is 2. The molecule has 2 N–H and O–H groups in total. The Balaban J connectivity index is 1.88. The van der Waals surface area contributed by atoms with Crippen molar-refractivity contribution in [2.75, 3.05) is 18.5 Å². The van der Waals surface area contributed by atoms with Gasteiger partial charge in [-0.3, -0.25) is 14.4 Å². The van der Waals surface area contributed by atoms with Gasteiger partial charge in [0.25, 0.3) is 11.8 Å². The predicted octanol–water partition coefficient (Wildman–Crippen LogP) is 3.13. The van der Waals surface area contributed by atoms with Crippen LogP contribution in [0.3, 0.4) is 0 Å². The highest BCUT2D eigenvalue weighted by Gasteiger charge is 2.23. The van der Waals surface area contributed by atoms with Crippen molar-refractivity contribution < 1.29 is 19.1 Å². The average molecular weight is 360 g/mol. The van der Waals surface area contributed by atoms with Gasteiger partial charge >= 0.3 is 5.97 Å². The van der Waals surface area contributed by atoms with Gasteiger partial charge in [-0.25, -0.2) is 0 Å². The van der Waals surface area contributed by atoms with Crippen LogP contribution in [0.4, 0.5) is 5.69 Å². The number of amides is 2. The zero-order chi connectivity index (χ0) is 18.9. The number of anilines is 1. The second kappa shape index (κ2) is 9.94. The summed E-state index contributed by atoms with van der Waals surface area (Å²) in [4.78, 5) is 36.4. The second-order valence-corrected chi connectivity index (χ2v) is 7.14. The van der Waals surface area contributed by atoms with Crippen LogP contribution in [0.5, 0.6) is 0 Å². The third-order valence-corrected chi connectivity index (χ3v) is 4.40. The number of carbonyl (C=O) groups excluding carboxylic acids is 3. The van der Waals surface area contributed by atoms with Gasteiger partial charge in [0.1, 0.15) is 0 Å². The Morgan fingerprint density at radius 3 is 2.50 bits per heavy atom. The molecule has 1 saturated carbocycles. The SMILES string of the molecule is CC(C)CNC(=O)c1ccccc1NC(=O)COC(=O)C1CCCCC1. The van der Waals surface area contributed by atoms with Crippen LogP contribution in [0.1, 0.15) is 56.3 Å². The number of para-hydroxylation sites is 1. The summed E-state index contributed by atoms with van der Waals surface area (Å²) < 4.78 is 5.14. The molecule has 0 unspecified atom stereocenters. The van der Waals surface area contributed by atoms with Gasteiger partial charge in [0.15, 0.2) is 6.61 Å². The third-order valence-electron chi connectivity index (χ3n) is 4.40. The number of ether oxygens (including phenoxy) is 1. The number of carbonyl (C=O) groups is 3. The molecular weight excluding hydrogens is 332 g/mol. The average Bonchev–Trinajstić information content (AvgIpc) is 2.65. The fourth-order valence-electron chi connectivity index (χ4n) is 2.96. The van der Waals surface area contributed by atoms with E-state index in [1.807, 2.05) is 13.8 Å². The molecular formula is C20H28N2O4. The normalized spacial score (nSPS) is 14.7. The molecule has 26 heavy (non-hydrogen) atoms. The van der Waals surface area contributed by atoms with E-state index in [1.165, 1.54) is 0 Å². The zero-order valence-corrected chi connectivity index (χ0v) is 15.5. The van der Waals surface area contributed by atoms with Gasteiger partial charge in [0.2, 0.25) is 0 Å². The minimum Gasteiger partial charge on any atom is -0.455 e. The molecule has 2 rings (SSSR count). The van der Waals surface area contributed by atoms with Crippen molar-refractivity contribution in [2.45, 2.75) is 46.0 Å². The quantitative estimate of drug-likeness (QED) is 0.732. The summed E-state index contributed by atoms with van der Waals surface area (Å²) in [5.41, 5.74) is 0.799. The molecule has 0 spiro atoms. The molecule has 6 nitrogen and oxygen atoms in total. The molecule has 1 aliphatic rings. The monoisotopic (exact) mass is 360 g/mol. The van der Waals surface area contributed by atoms with E-state index in [0.717, 1.165) is 32.1 Å². The molecule has 1 fully saturated rings. The van der Waals surface area contributed by atoms with Crippen LogP contribution in [-0.2, 0) is 14.3 Å². The lowest BCUT2D eigenvalue weighted by Crippen LogP contribution is -2.29. The van der Waals surface area contributed by atoms with E-state index < -0.39 is 5.91 Å². The van der Waals surface area contributed by atoms with Crippen molar-refractivity contribution in [1.29, 1.82) is 0 Å². The molecule has 1 aliphatic carbocycles. The molecule has 0 aromatic heterocycles. The van der Waals surface area contributed by atoms with Crippen LogP contribution in [0.2, 0.25) is 0 Å². The molecule has 0 bridgehead atoms. The predicted molar refractivity (Wildman–Crippen MR) is 99.8 cm³/mol. The first-order chi connectivity index (χ1) is 12.5. The van der Waals surface area contributed by atoms with E-state index in [1.54, 1.807) is 24.3 Å². The van der Waals surface area contributed by atoms with Crippen molar-refractivity contribution >= 4 is 23.5 Å². The second-order valence-electron chi connectivity index (χ2n) is 7.14. The lowest BCUT2D eigenvalue weighted by atomic mass is 9.89. The van der Waals surface area contributed by atoms with Crippen LogP contribution < -0.4 is 10.6 Å². The van der Waals surface area contributed by atoms with E-state index in [-0.39, 0.29) is 24.4 Å². The molecule has 6 heteroatoms. The first kappa shape index (κ1) is 19.9. The molecule has 1 aromatic rings. The highest BCUT2D eigenvalue weighted by molar-refractivity contribution is 6.04. The maximum absolute atomic E-state index is 12.3. The standard InChI is InChI=1S/C20H28N2O4/c1-14(2)12-21-19(24)16-10-6-7-11-17(16)22-18(23)13-26-20(25)15-8-4-3-5-9-15/h6-7,10-11,14-15H,3-5,8-9,12-13H2,1-2H3,(H,21,24)(H,22,23). The number of hydrogen-bond acceptors (Lipinski definition) is 4. The highest BCUT2D eigenvalue weighted by atomic mass is 16.5. The Bertz CT molecular complexity index is 636. The summed E-state index contributed by atoms with van der Waals surface area (Å²) >= 11 is 0. The van der Waals surface area contributed by atoms with Crippen molar-refractivity contribution in [3.63, 3.8) is 0 Å². The Labute approximate surface area is 154 Å². The van der Waals surface area contributed by atoms with E-state index in [9.17, 15) is 14.4 Å². The smallest absolute Gasteiger partial charge is 0.309 e. The Morgan fingerprint density at radius 2 is 1.81 bits per heavy atom. The summed E-state index contributed by atoms with van der Waals surface area (Å²) in [6, 6.07) is 6.79. The summed E-state index contributed by atoms with van der Waals surface area (Å²) in [6.45, 7) is 4.24. The molecule has 0 saturated heterocycles. The first-order valence-corrected chi connectivity index (χ1v) is 9.31. The highest BCUT2D eigenvalue weighted by Crippen LogP contribution is 2.24. The van der Waals surface area contributed by atoms with Gasteiger partial charge in [0, 0.05) is 6.54 Å². The minimum absolute atomic E-state index is 0.0920. The minimum atomic E-state index is -0.446. The fourth-order valence-corrected chi connectivity index (χ4v) is 2.96. The fraction of sp³-hybridized carbons (Fsp3) is 0.550. The molecule has 1 aromatic carbocycles. The summed E-state index contributed by atoms with van der Waals surface area (Å²) in [6.07, 6.45) is 4.88. The lowest BCUT2D eigenvalue weighted by Gasteiger charge is -2.19. The number of benzene rings is 1. The van der Waals surface area contributed by atoms with E-state index in [0.29, 0.717) is 23.7 Å². The van der Waals surface area contributed by atoms with Gasteiger partial charge in [-0.2, -0.15) is 0 Å². The number of nitrogens with one attached hydrogen (secondary N) is 2. The van der Waals surface area contributed by atoms with Gasteiger partial charge in [-0.1, -0.05) is 45.2 Å². The molecule has 142 valence electrons. The molecule has 0 radical (unpaired) electrons. The van der Waals surface area contributed by atoms with E-state index >= 15 is 0 Å². The number of esters is 1. The summed E-state index contributed by atoms with van der Waals surface area (Å²) in [5, 5.41) is 5.49. The number of rotatable bonds is 7. The van der Waals surface area contributed by atoms with Crippen LogP contribution in [0.15, 0.2) is 24.3 Å². The zero-order valence-electron chi connectivity index (χ0n) is 15.5. The maximum atomic E-state index is 12.3. The molecule has 0 aliphatic heterocycles. The van der Waals surface area contributed by atoms with Gasteiger partial charge in [-0.15, -0.1) is 0 Å². The Hall–Kier alpha value is -2.37. The van der Waals surface area contributed by atoms with Gasteiger partial charge < -0.3 is 15.4 Å². The molecule has 0 atom stereocenters. The Morgan fingerprint density at radius 1 is 1.12 bits per heavy atom. The van der Waals surface area contributed by atoms with Crippen LogP contribution in [-0.4, -0.2) is 30.9 Å². The van der Waals surface area contributed by atoms with Crippen LogP contribution in [0, 0.1) is 11.8 Å². The van der Waals surface area contributed by atoms with Crippen molar-refractivity contribution in [3.05, 3.63) is 29.8 Å². The van der Waals surface area contributed by atoms with Crippen LogP contribution >= 0.6 is 0 Å². The van der Waals surface area contributed by atoms with Crippen molar-refractivity contribution in [2.24, 2.45) is 11.8 Å². The van der Waals surface area contributed by atoms with E-state index in [4.69, 9.17) is 4.74 Å². The van der Waals surface area contributed by atoms with Crippen molar-refractivity contribution in [1.82, 2.24) is 5.32 Å². The topological polar surface area (TPSA) is 84.5 Å².